The van der Waals surface area contributed by atoms with Gasteiger partial charge in [-0.1, -0.05) is 84.9 Å². The average Bonchev–Trinajstić information content (AvgIpc) is 3.92. The van der Waals surface area contributed by atoms with Crippen molar-refractivity contribution in [3.8, 4) is 11.1 Å². The van der Waals surface area contributed by atoms with Crippen molar-refractivity contribution in [3.63, 3.8) is 0 Å². The van der Waals surface area contributed by atoms with Crippen LogP contribution < -0.4 is 0 Å². The molecule has 0 N–H and O–H groups in total. The Labute approximate surface area is 290 Å². The van der Waals surface area contributed by atoms with Gasteiger partial charge in [-0.15, -0.1) is 45.3 Å². The van der Waals surface area contributed by atoms with Gasteiger partial charge in [-0.25, -0.2) is 0 Å². The summed E-state index contributed by atoms with van der Waals surface area (Å²) in [6.45, 7) is 0. The van der Waals surface area contributed by atoms with Crippen molar-refractivity contribution < 1.29 is 0 Å². The van der Waals surface area contributed by atoms with Crippen LogP contribution in [0, 0.1) is 0 Å². The number of hydrogen-bond donors (Lipinski definition) is 0. The van der Waals surface area contributed by atoms with Crippen LogP contribution in [0.15, 0.2) is 132 Å². The van der Waals surface area contributed by atoms with Gasteiger partial charge in [-0.2, -0.15) is 0 Å². The van der Waals surface area contributed by atoms with Crippen molar-refractivity contribution >= 4 is 149 Å². The van der Waals surface area contributed by atoms with E-state index in [1.54, 1.807) is 0 Å². The van der Waals surface area contributed by atoms with Gasteiger partial charge in [0.15, 0.2) is 0 Å². The molecule has 0 nitrogen and oxygen atoms in total. The van der Waals surface area contributed by atoms with E-state index in [2.05, 4.69) is 132 Å². The Hall–Kier alpha value is -4.84. The Morgan fingerprint density at radius 1 is 0.312 bits per heavy atom. The van der Waals surface area contributed by atoms with E-state index in [0.717, 1.165) is 0 Å². The molecule has 0 bridgehead atoms. The summed E-state index contributed by atoms with van der Waals surface area (Å²) in [5.74, 6) is 0. The first kappa shape index (κ1) is 26.2. The molecule has 0 unspecified atom stereocenters. The SMILES string of the molecule is c1ccc2c(c1)ccc1c2ccc2c3cc(-c4csc5cc6sc7c8cc9ccsc9cc8sc7c6cc45)c4ccccc4c3ccc12. The first-order valence-corrected chi connectivity index (χ1v) is 19.5. The highest BCUT2D eigenvalue weighted by molar-refractivity contribution is 7.37. The Balaban J connectivity index is 1.15. The van der Waals surface area contributed by atoms with Gasteiger partial charge in [0.25, 0.3) is 0 Å². The predicted molar refractivity (Wildman–Crippen MR) is 218 cm³/mol. The summed E-state index contributed by atoms with van der Waals surface area (Å²) in [4.78, 5) is 0. The Bertz CT molecular complexity index is 3350. The van der Waals surface area contributed by atoms with Crippen LogP contribution in [-0.2, 0) is 0 Å². The molecule has 4 heterocycles. The number of benzene rings is 8. The molecule has 0 radical (unpaired) electrons. The molecule has 0 saturated carbocycles. The minimum absolute atomic E-state index is 1.29. The lowest BCUT2D eigenvalue weighted by Gasteiger charge is -2.14. The minimum atomic E-state index is 1.29. The molecule has 0 aliphatic carbocycles. The maximum Gasteiger partial charge on any atom is 0.0542 e. The van der Waals surface area contributed by atoms with Crippen LogP contribution >= 0.6 is 45.3 Å². The first-order chi connectivity index (χ1) is 23.8. The van der Waals surface area contributed by atoms with Crippen LogP contribution in [0.25, 0.3) is 115 Å². The number of fused-ring (bicyclic) bond motifs is 16. The molecule has 0 fully saturated rings. The fourth-order valence-electron chi connectivity index (χ4n) is 8.16. The zero-order valence-electron chi connectivity index (χ0n) is 25.3. The lowest BCUT2D eigenvalue weighted by atomic mass is 9.89. The second-order valence-corrected chi connectivity index (χ2v) is 16.8. The fraction of sp³-hybridized carbons (Fsp3) is 0. The van der Waals surface area contributed by atoms with Gasteiger partial charge < -0.3 is 0 Å². The third-order valence-corrected chi connectivity index (χ3v) is 14.7. The number of thiophene rings is 4. The second kappa shape index (κ2) is 9.40. The topological polar surface area (TPSA) is 0 Å². The standard InChI is InChI=1S/C44H22S4/c1-2-6-25-23(5-1)9-10-29-28(25)11-13-32-30(29)12-14-31-26-7-3-4-8-27(26)34(18-33(31)32)38-22-46-40-21-42-37(19-35(38)40)44-43(48-42)36-17-24-15-16-45-39(24)20-41(36)47-44/h1-22H. The molecule has 0 amide bonds. The molecule has 0 aliphatic heterocycles. The van der Waals surface area contributed by atoms with Crippen molar-refractivity contribution in [2.75, 3.05) is 0 Å². The number of rotatable bonds is 1. The zero-order chi connectivity index (χ0) is 31.1. The van der Waals surface area contributed by atoms with Crippen LogP contribution in [0.5, 0.6) is 0 Å². The van der Waals surface area contributed by atoms with E-state index in [9.17, 15) is 0 Å². The van der Waals surface area contributed by atoms with E-state index in [4.69, 9.17) is 0 Å². The smallest absolute Gasteiger partial charge is 0.0542 e. The molecule has 12 aromatic rings. The molecule has 12 rings (SSSR count). The molecule has 48 heavy (non-hydrogen) atoms. The highest BCUT2D eigenvalue weighted by atomic mass is 32.1. The predicted octanol–water partition coefficient (Wildman–Crippen LogP) is 15.1. The molecule has 0 spiro atoms. The molecule has 0 atom stereocenters. The first-order valence-electron chi connectivity index (χ1n) is 16.1. The molecular formula is C44H22S4. The maximum absolute atomic E-state index is 2.49. The van der Waals surface area contributed by atoms with Gasteiger partial charge in [-0.05, 0) is 112 Å². The molecular weight excluding hydrogens is 657 g/mol. The van der Waals surface area contributed by atoms with Crippen molar-refractivity contribution in [1.29, 1.82) is 0 Å². The van der Waals surface area contributed by atoms with Gasteiger partial charge in [0.1, 0.15) is 0 Å². The fourth-order valence-corrected chi connectivity index (χ4v) is 12.8. The summed E-state index contributed by atoms with van der Waals surface area (Å²) in [5.41, 5.74) is 2.65. The Morgan fingerprint density at radius 2 is 0.917 bits per heavy atom. The molecule has 222 valence electrons. The van der Waals surface area contributed by atoms with Crippen LogP contribution in [-0.4, -0.2) is 0 Å². The van der Waals surface area contributed by atoms with Crippen LogP contribution in [0.2, 0.25) is 0 Å². The Morgan fingerprint density at radius 3 is 1.71 bits per heavy atom. The largest absolute Gasteiger partial charge is 0.144 e. The van der Waals surface area contributed by atoms with Gasteiger partial charge in [0.2, 0.25) is 0 Å². The lowest BCUT2D eigenvalue weighted by Crippen LogP contribution is -1.87. The monoisotopic (exact) mass is 678 g/mol. The number of hydrogen-bond acceptors (Lipinski definition) is 4. The van der Waals surface area contributed by atoms with Gasteiger partial charge in [-0.3, -0.25) is 0 Å². The Kier molecular flexibility index (Phi) is 5.12. The van der Waals surface area contributed by atoms with Gasteiger partial charge in [0.05, 0.1) is 9.40 Å². The lowest BCUT2D eigenvalue weighted by molar-refractivity contribution is 1.77. The zero-order valence-corrected chi connectivity index (χ0v) is 28.6. The molecule has 0 aliphatic rings. The highest BCUT2D eigenvalue weighted by Gasteiger charge is 2.19. The van der Waals surface area contributed by atoms with Crippen LogP contribution in [0.4, 0.5) is 0 Å². The second-order valence-electron chi connectivity index (χ2n) is 12.8. The van der Waals surface area contributed by atoms with Crippen molar-refractivity contribution in [3.05, 3.63) is 132 Å². The summed E-state index contributed by atoms with van der Waals surface area (Å²) in [6.07, 6.45) is 0. The maximum atomic E-state index is 2.49. The summed E-state index contributed by atoms with van der Waals surface area (Å²) in [7, 11) is 0. The molecule has 4 aromatic heterocycles. The van der Waals surface area contributed by atoms with Crippen molar-refractivity contribution in [2.24, 2.45) is 0 Å². The van der Waals surface area contributed by atoms with Crippen LogP contribution in [0.1, 0.15) is 0 Å². The third-order valence-electron chi connectivity index (χ3n) is 10.4. The van der Waals surface area contributed by atoms with E-state index < -0.39 is 0 Å². The summed E-state index contributed by atoms with van der Waals surface area (Å²) in [6, 6.07) is 46.1. The van der Waals surface area contributed by atoms with Crippen LogP contribution in [0.3, 0.4) is 0 Å². The van der Waals surface area contributed by atoms with Crippen molar-refractivity contribution in [1.82, 2.24) is 0 Å². The van der Waals surface area contributed by atoms with E-state index in [1.165, 1.54) is 115 Å². The average molecular weight is 679 g/mol. The van der Waals surface area contributed by atoms with Gasteiger partial charge in [0, 0.05) is 40.5 Å². The third kappa shape index (κ3) is 3.43. The molecule has 0 saturated heterocycles. The highest BCUT2D eigenvalue weighted by Crippen LogP contribution is 2.49. The van der Waals surface area contributed by atoms with E-state index in [0.29, 0.717) is 0 Å². The van der Waals surface area contributed by atoms with E-state index in [1.807, 2.05) is 45.3 Å². The molecule has 4 heteroatoms. The van der Waals surface area contributed by atoms with E-state index >= 15 is 0 Å². The van der Waals surface area contributed by atoms with Gasteiger partial charge >= 0.3 is 0 Å². The summed E-state index contributed by atoms with van der Waals surface area (Å²) in [5, 5.41) is 23.2. The summed E-state index contributed by atoms with van der Waals surface area (Å²) < 4.78 is 8.37. The minimum Gasteiger partial charge on any atom is -0.144 e. The summed E-state index contributed by atoms with van der Waals surface area (Å²) >= 11 is 7.62. The molecule has 8 aromatic carbocycles. The van der Waals surface area contributed by atoms with Crippen molar-refractivity contribution in [2.45, 2.75) is 0 Å². The van der Waals surface area contributed by atoms with E-state index in [-0.39, 0.29) is 0 Å². The normalized spacial score (nSPS) is 12.6. The quantitative estimate of drug-likeness (QED) is 0.152.